The molecule has 1 atom stereocenters. The first-order valence-electron chi connectivity index (χ1n) is 7.32. The van der Waals surface area contributed by atoms with Crippen molar-refractivity contribution < 1.29 is 4.79 Å². The fraction of sp³-hybridized carbons (Fsp3) is 0.471. The van der Waals surface area contributed by atoms with E-state index >= 15 is 0 Å². The Balaban J connectivity index is 2.33. The van der Waals surface area contributed by atoms with E-state index in [1.165, 1.54) is 0 Å². The number of carbonyl (C=O) groups is 1. The summed E-state index contributed by atoms with van der Waals surface area (Å²) in [6.45, 7) is 8.46. The molecule has 0 radical (unpaired) electrons. The number of rotatable bonds is 3. The van der Waals surface area contributed by atoms with E-state index < -0.39 is 0 Å². The number of amides is 1. The number of hydrogen-bond acceptors (Lipinski definition) is 2. The molecule has 2 rings (SSSR count). The maximum atomic E-state index is 13.0. The molecule has 0 unspecified atom stereocenters. The molecule has 0 N–H and O–H groups in total. The summed E-state index contributed by atoms with van der Waals surface area (Å²) in [6, 6.07) is 6.21. The standard InChI is InChI=1S/C17H22BrNOS/c1-5-16-19(13(10-21-16)8-11(2)3)17(20)14-7-6-12(4)9-15(14)18/h5-7,9,11,13H,8,10H2,1-4H3/b16-5-/t13-/m0/s1. The number of allylic oxidation sites excluding steroid dienone is 1. The van der Waals surface area contributed by atoms with Crippen LogP contribution in [0.1, 0.15) is 43.1 Å². The number of thioether (sulfide) groups is 1. The van der Waals surface area contributed by atoms with Crippen LogP contribution in [0.5, 0.6) is 0 Å². The van der Waals surface area contributed by atoms with Crippen molar-refractivity contribution in [3.63, 3.8) is 0 Å². The summed E-state index contributed by atoms with van der Waals surface area (Å²) in [6.07, 6.45) is 3.09. The molecular weight excluding hydrogens is 346 g/mol. The van der Waals surface area contributed by atoms with Gasteiger partial charge in [0.1, 0.15) is 0 Å². The minimum absolute atomic E-state index is 0.102. The third-order valence-corrected chi connectivity index (χ3v) is 5.53. The molecule has 0 aliphatic carbocycles. The van der Waals surface area contributed by atoms with Crippen molar-refractivity contribution in [2.45, 2.75) is 40.2 Å². The van der Waals surface area contributed by atoms with Crippen LogP contribution >= 0.6 is 27.7 Å². The summed E-state index contributed by atoms with van der Waals surface area (Å²) in [4.78, 5) is 15.0. The normalized spacial score (nSPS) is 20.6. The molecule has 1 heterocycles. The second-order valence-corrected chi connectivity index (χ2v) is 7.77. The third kappa shape index (κ3) is 3.72. The highest BCUT2D eigenvalue weighted by molar-refractivity contribution is 9.10. The van der Waals surface area contributed by atoms with E-state index in [4.69, 9.17) is 0 Å². The predicted molar refractivity (Wildman–Crippen MR) is 94.5 cm³/mol. The minimum atomic E-state index is 0.102. The summed E-state index contributed by atoms with van der Waals surface area (Å²) in [7, 11) is 0. The summed E-state index contributed by atoms with van der Waals surface area (Å²) in [5, 5.41) is 1.08. The van der Waals surface area contributed by atoms with Crippen LogP contribution < -0.4 is 0 Å². The van der Waals surface area contributed by atoms with Gasteiger partial charge in [-0.1, -0.05) is 26.0 Å². The molecule has 0 bridgehead atoms. The summed E-state index contributed by atoms with van der Waals surface area (Å²) in [5.41, 5.74) is 1.90. The quantitative estimate of drug-likeness (QED) is 0.729. The van der Waals surface area contributed by atoms with E-state index in [1.54, 1.807) is 11.8 Å². The Bertz CT molecular complexity index is 568. The van der Waals surface area contributed by atoms with Gasteiger partial charge in [-0.05, 0) is 59.8 Å². The molecule has 2 nitrogen and oxygen atoms in total. The Morgan fingerprint density at radius 3 is 2.81 bits per heavy atom. The topological polar surface area (TPSA) is 20.3 Å². The molecule has 1 amide bonds. The Hall–Kier alpha value is -0.740. The minimum Gasteiger partial charge on any atom is -0.299 e. The summed E-state index contributed by atoms with van der Waals surface area (Å²) >= 11 is 5.32. The van der Waals surface area contributed by atoms with Gasteiger partial charge in [0.25, 0.3) is 5.91 Å². The number of nitrogens with zero attached hydrogens (tertiary/aromatic N) is 1. The number of aryl methyl sites for hydroxylation is 1. The second-order valence-electron chi connectivity index (χ2n) is 5.88. The van der Waals surface area contributed by atoms with Crippen LogP contribution in [-0.4, -0.2) is 22.6 Å². The zero-order valence-corrected chi connectivity index (χ0v) is 15.4. The van der Waals surface area contributed by atoms with E-state index in [1.807, 2.05) is 43.0 Å². The lowest BCUT2D eigenvalue weighted by atomic mass is 10.0. The Morgan fingerprint density at radius 1 is 1.52 bits per heavy atom. The maximum absolute atomic E-state index is 13.0. The van der Waals surface area contributed by atoms with Crippen LogP contribution in [0.4, 0.5) is 0 Å². The molecule has 0 aromatic heterocycles. The molecule has 1 aliphatic heterocycles. The van der Waals surface area contributed by atoms with Crippen LogP contribution in [0.3, 0.4) is 0 Å². The van der Waals surface area contributed by atoms with Gasteiger partial charge in [0.15, 0.2) is 0 Å². The first kappa shape index (κ1) is 16.6. The fourth-order valence-electron chi connectivity index (χ4n) is 2.63. The average Bonchev–Trinajstić information content (AvgIpc) is 2.80. The maximum Gasteiger partial charge on any atom is 0.260 e. The van der Waals surface area contributed by atoms with Gasteiger partial charge in [-0.2, -0.15) is 0 Å². The SMILES string of the molecule is C/C=C1\SC[C@H](CC(C)C)N1C(=O)c1ccc(C)cc1Br. The monoisotopic (exact) mass is 367 g/mol. The van der Waals surface area contributed by atoms with Gasteiger partial charge in [0.2, 0.25) is 0 Å². The number of halogens is 1. The molecule has 0 spiro atoms. The highest BCUT2D eigenvalue weighted by Gasteiger charge is 2.34. The van der Waals surface area contributed by atoms with Crippen molar-refractivity contribution in [3.05, 3.63) is 44.9 Å². The average molecular weight is 368 g/mol. The molecule has 1 saturated heterocycles. The highest BCUT2D eigenvalue weighted by atomic mass is 79.9. The Kier molecular flexibility index (Phi) is 5.55. The van der Waals surface area contributed by atoms with E-state index in [0.717, 1.165) is 32.8 Å². The van der Waals surface area contributed by atoms with Crippen molar-refractivity contribution in [3.8, 4) is 0 Å². The molecular formula is C17H22BrNOS. The Morgan fingerprint density at radius 2 is 2.24 bits per heavy atom. The van der Waals surface area contributed by atoms with Gasteiger partial charge in [-0.15, -0.1) is 11.8 Å². The van der Waals surface area contributed by atoms with Crippen molar-refractivity contribution in [1.82, 2.24) is 4.90 Å². The molecule has 1 fully saturated rings. The van der Waals surface area contributed by atoms with Crippen LogP contribution in [0.2, 0.25) is 0 Å². The molecule has 114 valence electrons. The zero-order valence-electron chi connectivity index (χ0n) is 13.0. The molecule has 21 heavy (non-hydrogen) atoms. The highest BCUT2D eigenvalue weighted by Crippen LogP contribution is 2.37. The first-order chi connectivity index (χ1) is 9.93. The molecule has 0 saturated carbocycles. The van der Waals surface area contributed by atoms with E-state index in [-0.39, 0.29) is 5.91 Å². The van der Waals surface area contributed by atoms with Crippen molar-refractivity contribution >= 4 is 33.6 Å². The molecule has 1 aromatic rings. The summed E-state index contributed by atoms with van der Waals surface area (Å²) in [5.74, 6) is 1.68. The van der Waals surface area contributed by atoms with Gasteiger partial charge < -0.3 is 0 Å². The predicted octanol–water partition coefficient (Wildman–Crippen LogP) is 5.22. The van der Waals surface area contributed by atoms with E-state index in [2.05, 4.69) is 29.8 Å². The molecule has 1 aliphatic rings. The first-order valence-corrected chi connectivity index (χ1v) is 9.10. The lowest BCUT2D eigenvalue weighted by molar-refractivity contribution is 0.0770. The summed E-state index contributed by atoms with van der Waals surface area (Å²) < 4.78 is 0.878. The van der Waals surface area contributed by atoms with Crippen LogP contribution in [0, 0.1) is 12.8 Å². The second kappa shape index (κ2) is 7.01. The van der Waals surface area contributed by atoms with E-state index in [0.29, 0.717) is 12.0 Å². The van der Waals surface area contributed by atoms with Gasteiger partial charge >= 0.3 is 0 Å². The van der Waals surface area contributed by atoms with Crippen LogP contribution in [0.15, 0.2) is 33.8 Å². The lowest BCUT2D eigenvalue weighted by Gasteiger charge is -2.26. The number of hydrogen-bond donors (Lipinski definition) is 0. The fourth-order valence-corrected chi connectivity index (χ4v) is 4.48. The van der Waals surface area contributed by atoms with Crippen molar-refractivity contribution in [2.24, 2.45) is 5.92 Å². The van der Waals surface area contributed by atoms with Gasteiger partial charge in [-0.25, -0.2) is 0 Å². The van der Waals surface area contributed by atoms with Crippen molar-refractivity contribution in [2.75, 3.05) is 5.75 Å². The third-order valence-electron chi connectivity index (χ3n) is 3.59. The number of carbonyl (C=O) groups excluding carboxylic acids is 1. The number of benzene rings is 1. The Labute approximate surface area is 140 Å². The molecule has 1 aromatic carbocycles. The van der Waals surface area contributed by atoms with Crippen LogP contribution in [0.25, 0.3) is 0 Å². The van der Waals surface area contributed by atoms with Crippen molar-refractivity contribution in [1.29, 1.82) is 0 Å². The van der Waals surface area contributed by atoms with E-state index in [9.17, 15) is 4.79 Å². The van der Waals surface area contributed by atoms with Gasteiger partial charge in [0, 0.05) is 16.3 Å². The largest absolute Gasteiger partial charge is 0.299 e. The zero-order chi connectivity index (χ0) is 15.6. The lowest BCUT2D eigenvalue weighted by Crippen LogP contribution is -2.36. The van der Waals surface area contributed by atoms with Gasteiger partial charge in [-0.3, -0.25) is 9.69 Å². The van der Waals surface area contributed by atoms with Gasteiger partial charge in [0.05, 0.1) is 10.6 Å². The molecule has 4 heteroatoms. The van der Waals surface area contributed by atoms with Crippen LogP contribution in [-0.2, 0) is 0 Å². The smallest absolute Gasteiger partial charge is 0.260 e.